The van der Waals surface area contributed by atoms with Crippen LogP contribution in [0.25, 0.3) is 11.2 Å². The lowest BCUT2D eigenvalue weighted by Gasteiger charge is -2.13. The first-order valence-electron chi connectivity index (χ1n) is 6.73. The number of aromatic nitrogens is 4. The summed E-state index contributed by atoms with van der Waals surface area (Å²) in [5.41, 5.74) is 1.05. The van der Waals surface area contributed by atoms with Gasteiger partial charge in [-0.2, -0.15) is 0 Å². The van der Waals surface area contributed by atoms with E-state index in [-0.39, 0.29) is 6.61 Å². The number of fused-ring (bicyclic) bond motifs is 1. The number of hydrogen-bond acceptors (Lipinski definition) is 8. The van der Waals surface area contributed by atoms with Crippen LogP contribution in [0.2, 0.25) is 0 Å². The first kappa shape index (κ1) is 14.6. The van der Waals surface area contributed by atoms with Crippen LogP contribution in [-0.4, -0.2) is 54.8 Å². The highest BCUT2D eigenvalue weighted by molar-refractivity contribution is 5.83. The lowest BCUT2D eigenvalue weighted by Crippen LogP contribution is -2.24. The van der Waals surface area contributed by atoms with E-state index in [1.54, 1.807) is 10.9 Å². The van der Waals surface area contributed by atoms with Gasteiger partial charge in [-0.1, -0.05) is 0 Å². The molecule has 0 unspecified atom stereocenters. The van der Waals surface area contributed by atoms with Crippen molar-refractivity contribution in [2.45, 2.75) is 24.9 Å². The molecule has 2 aromatic heterocycles. The fourth-order valence-corrected chi connectivity index (χ4v) is 2.38. The number of carbonyl (C=O) groups excluding carboxylic acids is 1. The van der Waals surface area contributed by atoms with Crippen molar-refractivity contribution in [3.05, 3.63) is 24.9 Å². The van der Waals surface area contributed by atoms with Crippen LogP contribution >= 0.6 is 0 Å². The number of aldehydes is 1. The Morgan fingerprint density at radius 2 is 2.32 bits per heavy atom. The maximum atomic E-state index is 10.3. The number of aliphatic hydroxyl groups is 2. The Morgan fingerprint density at radius 3 is 3.05 bits per heavy atom. The van der Waals surface area contributed by atoms with E-state index in [1.165, 1.54) is 18.6 Å². The molecule has 22 heavy (non-hydrogen) atoms. The van der Waals surface area contributed by atoms with E-state index in [1.807, 2.05) is 0 Å². The molecule has 0 spiro atoms. The molecule has 9 nitrogen and oxygen atoms in total. The minimum absolute atomic E-state index is 0.247. The van der Waals surface area contributed by atoms with Gasteiger partial charge in [-0.25, -0.2) is 15.0 Å². The summed E-state index contributed by atoms with van der Waals surface area (Å²) >= 11 is 0. The zero-order valence-electron chi connectivity index (χ0n) is 11.5. The van der Waals surface area contributed by atoms with Crippen molar-refractivity contribution in [1.82, 2.24) is 19.5 Å². The second-order valence-corrected chi connectivity index (χ2v) is 4.80. The first-order chi connectivity index (χ1) is 10.7. The van der Waals surface area contributed by atoms with Crippen LogP contribution in [0, 0.1) is 0 Å². The number of hydrogen-bond donors (Lipinski definition) is 3. The van der Waals surface area contributed by atoms with Crippen molar-refractivity contribution in [3.8, 4) is 0 Å². The van der Waals surface area contributed by atoms with Gasteiger partial charge in [0, 0.05) is 12.6 Å². The number of allylic oxidation sites excluding steroid dienone is 1. The van der Waals surface area contributed by atoms with Crippen molar-refractivity contribution < 1.29 is 19.7 Å². The maximum Gasteiger partial charge on any atom is 0.167 e. The van der Waals surface area contributed by atoms with E-state index in [0.717, 1.165) is 0 Å². The average molecular weight is 305 g/mol. The molecule has 3 rings (SSSR count). The molecule has 2 aromatic rings. The van der Waals surface area contributed by atoms with Gasteiger partial charge in [-0.15, -0.1) is 0 Å². The molecule has 0 aliphatic carbocycles. The number of rotatable bonds is 5. The Morgan fingerprint density at radius 1 is 1.45 bits per heavy atom. The monoisotopic (exact) mass is 305 g/mol. The number of nitrogens with zero attached hydrogens (tertiary/aromatic N) is 4. The normalized spacial score (nSPS) is 25.1. The van der Waals surface area contributed by atoms with Crippen molar-refractivity contribution in [3.63, 3.8) is 0 Å². The molecule has 1 saturated heterocycles. The van der Waals surface area contributed by atoms with Gasteiger partial charge in [0.15, 0.2) is 17.0 Å². The number of carbonyl (C=O) groups is 1. The lowest BCUT2D eigenvalue weighted by molar-refractivity contribution is -0.104. The highest BCUT2D eigenvalue weighted by atomic mass is 16.5. The highest BCUT2D eigenvalue weighted by Gasteiger charge is 2.35. The summed E-state index contributed by atoms with van der Waals surface area (Å²) in [6, 6.07) is 0. The van der Waals surface area contributed by atoms with Crippen LogP contribution < -0.4 is 5.32 Å². The molecule has 3 atom stereocenters. The van der Waals surface area contributed by atoms with E-state index in [9.17, 15) is 9.90 Å². The van der Waals surface area contributed by atoms with Crippen molar-refractivity contribution in [1.29, 1.82) is 0 Å². The third-order valence-electron chi connectivity index (χ3n) is 3.45. The molecule has 116 valence electrons. The van der Waals surface area contributed by atoms with E-state index in [0.29, 0.717) is 29.7 Å². The van der Waals surface area contributed by atoms with Crippen molar-refractivity contribution >= 4 is 23.3 Å². The fraction of sp³-hybridized carbons (Fsp3) is 0.385. The quantitative estimate of drug-likeness (QED) is 0.503. The summed E-state index contributed by atoms with van der Waals surface area (Å²) in [7, 11) is 0. The van der Waals surface area contributed by atoms with E-state index in [4.69, 9.17) is 9.84 Å². The summed E-state index contributed by atoms with van der Waals surface area (Å²) in [5.74, 6) is 0.458. The molecule has 3 heterocycles. The van der Waals surface area contributed by atoms with Crippen LogP contribution in [0.1, 0.15) is 12.6 Å². The summed E-state index contributed by atoms with van der Waals surface area (Å²) in [6.45, 7) is -0.247. The largest absolute Gasteiger partial charge is 0.394 e. The van der Waals surface area contributed by atoms with Gasteiger partial charge in [0.1, 0.15) is 24.9 Å². The summed E-state index contributed by atoms with van der Waals surface area (Å²) < 4.78 is 7.28. The van der Waals surface area contributed by atoms with Crippen LogP contribution in [0.5, 0.6) is 0 Å². The topological polar surface area (TPSA) is 122 Å². The zero-order valence-corrected chi connectivity index (χ0v) is 11.5. The Hall–Kier alpha value is -2.36. The average Bonchev–Trinajstić information content (AvgIpc) is 3.11. The Balaban J connectivity index is 1.91. The smallest absolute Gasteiger partial charge is 0.167 e. The molecule has 0 bridgehead atoms. The van der Waals surface area contributed by atoms with Crippen LogP contribution in [0.4, 0.5) is 5.82 Å². The fourth-order valence-electron chi connectivity index (χ4n) is 2.38. The SMILES string of the molecule is O=C/C=C/Nc1ncnc2c1ncn2[C@H]1C[C@H](O)[C@@H](CO)O1. The Bertz CT molecular complexity index is 701. The second kappa shape index (κ2) is 6.18. The predicted octanol–water partition coefficient (Wildman–Crippen LogP) is -0.409. The van der Waals surface area contributed by atoms with Gasteiger partial charge in [-0.3, -0.25) is 9.36 Å². The molecule has 1 fully saturated rings. The summed E-state index contributed by atoms with van der Waals surface area (Å²) in [4.78, 5) is 22.8. The minimum atomic E-state index is -0.734. The van der Waals surface area contributed by atoms with Gasteiger partial charge in [-0.05, 0) is 6.08 Å². The molecular weight excluding hydrogens is 290 g/mol. The van der Waals surface area contributed by atoms with E-state index in [2.05, 4.69) is 20.3 Å². The number of imidazole rings is 1. The van der Waals surface area contributed by atoms with Gasteiger partial charge < -0.3 is 20.3 Å². The molecule has 0 radical (unpaired) electrons. The zero-order chi connectivity index (χ0) is 15.5. The molecule has 1 aliphatic rings. The molecule has 3 N–H and O–H groups in total. The summed E-state index contributed by atoms with van der Waals surface area (Å²) in [5, 5.41) is 21.8. The van der Waals surface area contributed by atoms with Gasteiger partial charge in [0.05, 0.1) is 19.0 Å². The third-order valence-corrected chi connectivity index (χ3v) is 3.45. The minimum Gasteiger partial charge on any atom is -0.394 e. The second-order valence-electron chi connectivity index (χ2n) is 4.80. The van der Waals surface area contributed by atoms with E-state index < -0.39 is 18.4 Å². The molecule has 0 aromatic carbocycles. The molecule has 0 amide bonds. The van der Waals surface area contributed by atoms with E-state index >= 15 is 0 Å². The molecule has 9 heteroatoms. The Labute approximate surface area is 125 Å². The highest BCUT2D eigenvalue weighted by Crippen LogP contribution is 2.31. The number of ether oxygens (including phenoxy) is 1. The van der Waals surface area contributed by atoms with Gasteiger partial charge in [0.2, 0.25) is 0 Å². The Kier molecular flexibility index (Phi) is 4.09. The number of nitrogens with one attached hydrogen (secondary N) is 1. The molecule has 0 saturated carbocycles. The standard InChI is InChI=1S/C13H15N5O4/c19-3-1-2-14-12-11-13(16-6-15-12)18(7-17-11)10-4-8(21)9(5-20)22-10/h1-3,6-10,20-21H,4-5H2,(H,14,15,16)/b2-1+/t8-,9+,10+/m0/s1. The summed E-state index contributed by atoms with van der Waals surface area (Å²) in [6.07, 6.45) is 4.85. The van der Waals surface area contributed by atoms with Crippen molar-refractivity contribution in [2.24, 2.45) is 0 Å². The molecule has 1 aliphatic heterocycles. The number of anilines is 1. The predicted molar refractivity (Wildman–Crippen MR) is 75.8 cm³/mol. The maximum absolute atomic E-state index is 10.3. The molecular formula is C13H15N5O4. The third kappa shape index (κ3) is 2.56. The van der Waals surface area contributed by atoms with Gasteiger partial charge >= 0.3 is 0 Å². The van der Waals surface area contributed by atoms with Crippen LogP contribution in [-0.2, 0) is 9.53 Å². The first-order valence-corrected chi connectivity index (χ1v) is 6.73. The van der Waals surface area contributed by atoms with Gasteiger partial charge in [0.25, 0.3) is 0 Å². The van der Waals surface area contributed by atoms with Crippen molar-refractivity contribution in [2.75, 3.05) is 11.9 Å². The van der Waals surface area contributed by atoms with Crippen LogP contribution in [0.15, 0.2) is 24.9 Å². The van der Waals surface area contributed by atoms with Crippen LogP contribution in [0.3, 0.4) is 0 Å². The lowest BCUT2D eigenvalue weighted by atomic mass is 10.2. The number of aliphatic hydroxyl groups excluding tert-OH is 2.